The molecule has 0 fully saturated rings. The lowest BCUT2D eigenvalue weighted by atomic mass is 9.94. The fraction of sp³-hybridized carbons (Fsp3) is 0.250. The van der Waals surface area contributed by atoms with E-state index < -0.39 is 24.3 Å². The van der Waals surface area contributed by atoms with Gasteiger partial charge in [-0.3, -0.25) is 4.98 Å². The Balaban J connectivity index is 1.59. The Morgan fingerprint density at radius 1 is 0.933 bits per heavy atom. The number of nitrogens with zero attached hydrogens (tertiary/aromatic N) is 1. The highest BCUT2D eigenvalue weighted by molar-refractivity contribution is 5.65. The number of carbonyl (C=O) groups is 1. The number of nitrogens with one attached hydrogen (secondary N) is 1. The average Bonchev–Trinajstić information content (AvgIpc) is 2.75. The molecular weight excluding hydrogens is 378 g/mol. The van der Waals surface area contributed by atoms with Crippen molar-refractivity contribution in [3.05, 3.63) is 90.3 Å². The van der Waals surface area contributed by atoms with Crippen LogP contribution in [0.1, 0.15) is 17.5 Å². The number of rotatable bonds is 9. The van der Waals surface area contributed by atoms with Crippen LogP contribution in [0.2, 0.25) is 0 Å². The Morgan fingerprint density at radius 2 is 1.63 bits per heavy atom. The van der Waals surface area contributed by atoms with E-state index in [1.54, 1.807) is 6.20 Å². The van der Waals surface area contributed by atoms with Crippen molar-refractivity contribution in [3.63, 3.8) is 0 Å². The number of amides is 1. The molecule has 0 saturated heterocycles. The van der Waals surface area contributed by atoms with Crippen LogP contribution in [0.25, 0.3) is 11.1 Å². The number of hydrogen-bond donors (Lipinski definition) is 4. The molecule has 3 rings (SSSR count). The van der Waals surface area contributed by atoms with Crippen molar-refractivity contribution in [2.75, 3.05) is 0 Å². The number of carboxylic acid groups (broad SMARTS) is 1. The van der Waals surface area contributed by atoms with Crippen LogP contribution in [0.15, 0.2) is 79.1 Å². The van der Waals surface area contributed by atoms with Gasteiger partial charge in [-0.15, -0.1) is 0 Å². The van der Waals surface area contributed by atoms with Crippen LogP contribution in [0.5, 0.6) is 0 Å². The van der Waals surface area contributed by atoms with Gasteiger partial charge in [0.05, 0.1) is 6.10 Å². The van der Waals surface area contributed by atoms with Crippen LogP contribution in [0.3, 0.4) is 0 Å². The molecule has 6 heteroatoms. The van der Waals surface area contributed by atoms with Gasteiger partial charge in [0.15, 0.2) is 0 Å². The number of benzene rings is 2. The van der Waals surface area contributed by atoms with Crippen LogP contribution in [0.4, 0.5) is 4.79 Å². The van der Waals surface area contributed by atoms with E-state index in [1.165, 1.54) is 0 Å². The Hall–Kier alpha value is -3.22. The summed E-state index contributed by atoms with van der Waals surface area (Å²) in [5, 5.41) is 22.2. The SMILES string of the molecule is N[C@@H](Cc1ccc(-c2cccnc2)cc1)[C@@H](O)C[C@H](Cc1ccccc1)NC(=O)O. The molecule has 30 heavy (non-hydrogen) atoms. The number of aliphatic hydroxyl groups excluding tert-OH is 1. The monoisotopic (exact) mass is 405 g/mol. The second kappa shape index (κ2) is 10.5. The first-order chi connectivity index (χ1) is 14.5. The van der Waals surface area contributed by atoms with Gasteiger partial charge in [0.2, 0.25) is 0 Å². The maximum Gasteiger partial charge on any atom is 0.404 e. The summed E-state index contributed by atoms with van der Waals surface area (Å²) in [6.45, 7) is 0. The molecule has 0 unspecified atom stereocenters. The average molecular weight is 405 g/mol. The van der Waals surface area contributed by atoms with Crippen molar-refractivity contribution in [1.82, 2.24) is 10.3 Å². The lowest BCUT2D eigenvalue weighted by Gasteiger charge is -2.24. The molecule has 1 heterocycles. The molecule has 0 aliphatic carbocycles. The number of aliphatic hydroxyl groups is 1. The minimum absolute atomic E-state index is 0.246. The van der Waals surface area contributed by atoms with Crippen LogP contribution in [-0.4, -0.2) is 39.5 Å². The van der Waals surface area contributed by atoms with E-state index in [0.29, 0.717) is 12.8 Å². The Morgan fingerprint density at radius 3 is 2.27 bits per heavy atom. The van der Waals surface area contributed by atoms with Gasteiger partial charge < -0.3 is 21.3 Å². The summed E-state index contributed by atoms with van der Waals surface area (Å²) in [4.78, 5) is 15.3. The van der Waals surface area contributed by atoms with Gasteiger partial charge in [-0.2, -0.15) is 0 Å². The minimum Gasteiger partial charge on any atom is -0.465 e. The van der Waals surface area contributed by atoms with E-state index in [0.717, 1.165) is 22.3 Å². The Bertz CT molecular complexity index is 917. The quantitative estimate of drug-likeness (QED) is 0.437. The summed E-state index contributed by atoms with van der Waals surface area (Å²) in [5.41, 5.74) is 10.4. The fourth-order valence-corrected chi connectivity index (χ4v) is 3.51. The van der Waals surface area contributed by atoms with Crippen molar-refractivity contribution >= 4 is 6.09 Å². The molecule has 1 aromatic heterocycles. The number of hydrogen-bond acceptors (Lipinski definition) is 4. The summed E-state index contributed by atoms with van der Waals surface area (Å²) in [5.74, 6) is 0. The third-order valence-electron chi connectivity index (χ3n) is 5.09. The Labute approximate surface area is 176 Å². The first-order valence-electron chi connectivity index (χ1n) is 9.97. The third-order valence-corrected chi connectivity index (χ3v) is 5.09. The summed E-state index contributed by atoms with van der Waals surface area (Å²) in [7, 11) is 0. The molecule has 156 valence electrons. The summed E-state index contributed by atoms with van der Waals surface area (Å²) < 4.78 is 0. The molecule has 1 amide bonds. The van der Waals surface area contributed by atoms with E-state index in [-0.39, 0.29) is 6.42 Å². The van der Waals surface area contributed by atoms with Crippen LogP contribution < -0.4 is 11.1 Å². The number of aromatic nitrogens is 1. The van der Waals surface area contributed by atoms with Gasteiger partial charge in [-0.25, -0.2) is 4.79 Å². The van der Waals surface area contributed by atoms with E-state index in [4.69, 9.17) is 10.8 Å². The maximum absolute atomic E-state index is 11.2. The zero-order valence-electron chi connectivity index (χ0n) is 16.7. The van der Waals surface area contributed by atoms with Crippen molar-refractivity contribution in [2.24, 2.45) is 5.73 Å². The molecule has 0 aliphatic heterocycles. The normalized spacial score (nSPS) is 13.9. The number of nitrogens with two attached hydrogens (primary N) is 1. The largest absolute Gasteiger partial charge is 0.465 e. The molecular formula is C24H27N3O3. The zero-order valence-corrected chi connectivity index (χ0v) is 16.7. The standard InChI is InChI=1S/C24H27N3O3/c25-22(14-18-8-10-19(11-9-18)20-7-4-12-26-16-20)23(28)15-21(27-24(29)30)13-17-5-2-1-3-6-17/h1-12,16,21-23,27-28H,13-15,25H2,(H,29,30)/t21-,22-,23-/m0/s1. The van der Waals surface area contributed by atoms with Gasteiger partial charge in [0.25, 0.3) is 0 Å². The van der Waals surface area contributed by atoms with E-state index in [1.807, 2.05) is 72.9 Å². The maximum atomic E-state index is 11.2. The predicted molar refractivity (Wildman–Crippen MR) is 117 cm³/mol. The van der Waals surface area contributed by atoms with Gasteiger partial charge in [-0.1, -0.05) is 60.7 Å². The van der Waals surface area contributed by atoms with Gasteiger partial charge >= 0.3 is 6.09 Å². The minimum atomic E-state index is -1.11. The molecule has 5 N–H and O–H groups in total. The predicted octanol–water partition coefficient (Wildman–Crippen LogP) is 3.25. The van der Waals surface area contributed by atoms with Crippen molar-refractivity contribution in [2.45, 2.75) is 37.5 Å². The second-order valence-corrected chi connectivity index (χ2v) is 7.45. The molecule has 0 aliphatic rings. The topological polar surface area (TPSA) is 108 Å². The highest BCUT2D eigenvalue weighted by atomic mass is 16.4. The van der Waals surface area contributed by atoms with Gasteiger partial charge in [0.1, 0.15) is 0 Å². The number of pyridine rings is 1. The van der Waals surface area contributed by atoms with Crippen LogP contribution in [0, 0.1) is 0 Å². The van der Waals surface area contributed by atoms with E-state index >= 15 is 0 Å². The van der Waals surface area contributed by atoms with Gasteiger partial charge in [0, 0.05) is 24.5 Å². The fourth-order valence-electron chi connectivity index (χ4n) is 3.51. The van der Waals surface area contributed by atoms with E-state index in [9.17, 15) is 9.90 Å². The van der Waals surface area contributed by atoms with Crippen molar-refractivity contribution < 1.29 is 15.0 Å². The molecule has 6 nitrogen and oxygen atoms in total. The molecule has 0 saturated carbocycles. The summed E-state index contributed by atoms with van der Waals surface area (Å²) in [6.07, 6.45) is 2.85. The molecule has 3 atom stereocenters. The zero-order chi connectivity index (χ0) is 21.3. The molecule has 0 radical (unpaired) electrons. The van der Waals surface area contributed by atoms with E-state index in [2.05, 4.69) is 10.3 Å². The van der Waals surface area contributed by atoms with Crippen molar-refractivity contribution in [1.29, 1.82) is 0 Å². The summed E-state index contributed by atoms with van der Waals surface area (Å²) >= 11 is 0. The summed E-state index contributed by atoms with van der Waals surface area (Å²) in [6, 6.07) is 20.6. The van der Waals surface area contributed by atoms with Crippen LogP contribution in [-0.2, 0) is 12.8 Å². The third kappa shape index (κ3) is 6.40. The highest BCUT2D eigenvalue weighted by Crippen LogP contribution is 2.19. The lowest BCUT2D eigenvalue weighted by Crippen LogP contribution is -2.44. The first kappa shape index (κ1) is 21.5. The van der Waals surface area contributed by atoms with Crippen molar-refractivity contribution in [3.8, 4) is 11.1 Å². The molecule has 2 aromatic carbocycles. The lowest BCUT2D eigenvalue weighted by molar-refractivity contribution is 0.119. The second-order valence-electron chi connectivity index (χ2n) is 7.45. The van der Waals surface area contributed by atoms with Gasteiger partial charge in [-0.05, 0) is 47.6 Å². The Kier molecular flexibility index (Phi) is 7.54. The first-order valence-corrected chi connectivity index (χ1v) is 9.97. The molecule has 3 aromatic rings. The molecule has 0 spiro atoms. The van der Waals surface area contributed by atoms with Crippen LogP contribution >= 0.6 is 0 Å². The highest BCUT2D eigenvalue weighted by Gasteiger charge is 2.22. The molecule has 0 bridgehead atoms. The smallest absolute Gasteiger partial charge is 0.404 e.